The van der Waals surface area contributed by atoms with Crippen LogP contribution in [0.25, 0.3) is 0 Å². The molecule has 0 atom stereocenters. The second-order valence-electron chi connectivity index (χ2n) is 3.98. The summed E-state index contributed by atoms with van der Waals surface area (Å²) in [5, 5.41) is 22.0. The molecule has 7 nitrogen and oxygen atoms in total. The molecule has 0 aliphatic heterocycles. The molecule has 1 heterocycles. The number of nitrogens with one attached hydrogen (secondary N) is 1. The van der Waals surface area contributed by atoms with Crippen LogP contribution >= 0.6 is 11.6 Å². The first-order valence-corrected chi connectivity index (χ1v) is 7.11. The Bertz CT molecular complexity index is 482. The summed E-state index contributed by atoms with van der Waals surface area (Å²) in [5.41, 5.74) is -1.31. The van der Waals surface area contributed by atoms with E-state index < -0.39 is 28.8 Å². The van der Waals surface area contributed by atoms with Crippen LogP contribution in [0.1, 0.15) is 13.3 Å². The van der Waals surface area contributed by atoms with Gasteiger partial charge < -0.3 is 10.2 Å². The van der Waals surface area contributed by atoms with Gasteiger partial charge in [0.15, 0.2) is 5.03 Å². The van der Waals surface area contributed by atoms with E-state index in [1.54, 1.807) is 6.92 Å². The van der Waals surface area contributed by atoms with E-state index >= 15 is 0 Å². The van der Waals surface area contributed by atoms with Crippen molar-refractivity contribution in [3.63, 3.8) is 0 Å². The van der Waals surface area contributed by atoms with Crippen molar-refractivity contribution in [2.75, 3.05) is 13.2 Å². The molecule has 0 unspecified atom stereocenters. The van der Waals surface area contributed by atoms with E-state index in [0.717, 1.165) is 4.68 Å². The van der Waals surface area contributed by atoms with Crippen LogP contribution in [0.5, 0.6) is 0 Å². The van der Waals surface area contributed by atoms with Crippen LogP contribution in [-0.4, -0.2) is 47.2 Å². The molecule has 104 valence electrons. The fourth-order valence-electron chi connectivity index (χ4n) is 1.45. The van der Waals surface area contributed by atoms with Crippen LogP contribution in [0.15, 0.2) is 11.2 Å². The SMILES string of the molecule is CCC(CO)(CO)NS(=O)(=O)c1c(Cl)cnn1C. The number of aromatic nitrogens is 2. The molecule has 9 heteroatoms. The van der Waals surface area contributed by atoms with Gasteiger partial charge in [0, 0.05) is 7.05 Å². The lowest BCUT2D eigenvalue weighted by atomic mass is 10.0. The smallest absolute Gasteiger partial charge is 0.259 e. The number of sulfonamides is 1. The van der Waals surface area contributed by atoms with Gasteiger partial charge in [-0.15, -0.1) is 0 Å². The topological polar surface area (TPSA) is 104 Å². The third-order valence-electron chi connectivity index (χ3n) is 2.73. The summed E-state index contributed by atoms with van der Waals surface area (Å²) < 4.78 is 27.7. The van der Waals surface area contributed by atoms with Crippen molar-refractivity contribution in [1.82, 2.24) is 14.5 Å². The number of hydrogen-bond acceptors (Lipinski definition) is 5. The first-order valence-electron chi connectivity index (χ1n) is 5.25. The Morgan fingerprint density at radius 3 is 2.39 bits per heavy atom. The van der Waals surface area contributed by atoms with Gasteiger partial charge in [0.05, 0.1) is 30.0 Å². The third-order valence-corrected chi connectivity index (χ3v) is 4.81. The average Bonchev–Trinajstić information content (AvgIpc) is 2.67. The minimum Gasteiger partial charge on any atom is -0.394 e. The van der Waals surface area contributed by atoms with Gasteiger partial charge in [-0.25, -0.2) is 8.42 Å². The second kappa shape index (κ2) is 5.54. The number of aliphatic hydroxyl groups excluding tert-OH is 2. The number of hydrogen-bond donors (Lipinski definition) is 3. The van der Waals surface area contributed by atoms with E-state index in [1.807, 2.05) is 0 Å². The van der Waals surface area contributed by atoms with Crippen LogP contribution < -0.4 is 4.72 Å². The predicted octanol–water partition coefficient (Wildman–Crippen LogP) is -0.515. The molecule has 1 rings (SSSR count). The largest absolute Gasteiger partial charge is 0.394 e. The number of halogens is 1. The summed E-state index contributed by atoms with van der Waals surface area (Å²) in [7, 11) is -2.54. The molecule has 0 aromatic carbocycles. The molecule has 0 aliphatic rings. The zero-order chi connectivity index (χ0) is 14.0. The lowest BCUT2D eigenvalue weighted by molar-refractivity contribution is 0.105. The standard InChI is InChI=1S/C9H16ClN3O4S/c1-3-9(5-14,6-15)12-18(16,17)8-7(10)4-11-13(8)2/h4,12,14-15H,3,5-6H2,1-2H3. The van der Waals surface area contributed by atoms with Gasteiger partial charge in [-0.3, -0.25) is 4.68 Å². The fourth-order valence-corrected chi connectivity index (χ4v) is 3.56. The molecule has 3 N–H and O–H groups in total. The zero-order valence-corrected chi connectivity index (χ0v) is 11.7. The van der Waals surface area contributed by atoms with E-state index in [-0.39, 0.29) is 16.5 Å². The maximum atomic E-state index is 12.1. The van der Waals surface area contributed by atoms with Crippen molar-refractivity contribution in [3.8, 4) is 0 Å². The highest BCUT2D eigenvalue weighted by atomic mass is 35.5. The van der Waals surface area contributed by atoms with Crippen molar-refractivity contribution in [1.29, 1.82) is 0 Å². The molecule has 0 radical (unpaired) electrons. The predicted molar refractivity (Wildman–Crippen MR) is 65.7 cm³/mol. The van der Waals surface area contributed by atoms with E-state index in [9.17, 15) is 18.6 Å². The van der Waals surface area contributed by atoms with E-state index in [0.29, 0.717) is 0 Å². The Morgan fingerprint density at radius 1 is 1.50 bits per heavy atom. The maximum Gasteiger partial charge on any atom is 0.259 e. The van der Waals surface area contributed by atoms with E-state index in [4.69, 9.17) is 11.6 Å². The van der Waals surface area contributed by atoms with Gasteiger partial charge in [0.2, 0.25) is 0 Å². The summed E-state index contributed by atoms with van der Waals surface area (Å²) in [6.45, 7) is 0.614. The minimum absolute atomic E-state index is 0.0223. The molecule has 0 bridgehead atoms. The Kier molecular flexibility index (Phi) is 4.73. The molecule has 0 saturated carbocycles. The van der Waals surface area contributed by atoms with Gasteiger partial charge in [0.1, 0.15) is 0 Å². The third kappa shape index (κ3) is 2.83. The monoisotopic (exact) mass is 297 g/mol. The molecular weight excluding hydrogens is 282 g/mol. The highest BCUT2D eigenvalue weighted by Gasteiger charge is 2.35. The summed E-state index contributed by atoms with van der Waals surface area (Å²) in [6, 6.07) is 0. The average molecular weight is 298 g/mol. The second-order valence-corrected chi connectivity index (χ2v) is 5.98. The molecule has 0 amide bonds. The van der Waals surface area contributed by atoms with Crippen molar-refractivity contribution < 1.29 is 18.6 Å². The van der Waals surface area contributed by atoms with Gasteiger partial charge in [-0.05, 0) is 6.42 Å². The Labute approximate surface area is 110 Å². The summed E-state index contributed by atoms with van der Waals surface area (Å²) in [6.07, 6.45) is 1.44. The summed E-state index contributed by atoms with van der Waals surface area (Å²) in [4.78, 5) is 0. The summed E-state index contributed by atoms with van der Waals surface area (Å²) in [5.74, 6) is 0. The summed E-state index contributed by atoms with van der Waals surface area (Å²) >= 11 is 5.76. The first kappa shape index (κ1) is 15.4. The van der Waals surface area contributed by atoms with Crippen molar-refractivity contribution in [2.45, 2.75) is 23.9 Å². The highest BCUT2D eigenvalue weighted by Crippen LogP contribution is 2.22. The highest BCUT2D eigenvalue weighted by molar-refractivity contribution is 7.89. The fraction of sp³-hybridized carbons (Fsp3) is 0.667. The van der Waals surface area contributed by atoms with Crippen molar-refractivity contribution in [2.24, 2.45) is 7.05 Å². The number of rotatable bonds is 6. The molecule has 18 heavy (non-hydrogen) atoms. The maximum absolute atomic E-state index is 12.1. The van der Waals surface area contributed by atoms with Gasteiger partial charge in [-0.1, -0.05) is 18.5 Å². The molecule has 0 aliphatic carbocycles. The molecule has 0 saturated heterocycles. The molecule has 0 fully saturated rings. The molecule has 1 aromatic rings. The van der Waals surface area contributed by atoms with Crippen molar-refractivity contribution >= 4 is 21.6 Å². The molecule has 0 spiro atoms. The van der Waals surface area contributed by atoms with E-state index in [1.165, 1.54) is 13.2 Å². The first-order chi connectivity index (χ1) is 8.32. The van der Waals surface area contributed by atoms with Crippen LogP contribution in [0.3, 0.4) is 0 Å². The normalized spacial score (nSPS) is 12.9. The minimum atomic E-state index is -3.97. The van der Waals surface area contributed by atoms with Gasteiger partial charge >= 0.3 is 0 Å². The van der Waals surface area contributed by atoms with Crippen LogP contribution in [-0.2, 0) is 17.1 Å². The molecule has 1 aromatic heterocycles. The number of nitrogens with zero attached hydrogens (tertiary/aromatic N) is 2. The van der Waals surface area contributed by atoms with Crippen LogP contribution in [0, 0.1) is 0 Å². The number of aryl methyl sites for hydroxylation is 1. The van der Waals surface area contributed by atoms with Gasteiger partial charge in [0.25, 0.3) is 10.0 Å². The molecular formula is C9H16ClN3O4S. The van der Waals surface area contributed by atoms with E-state index in [2.05, 4.69) is 9.82 Å². The van der Waals surface area contributed by atoms with Gasteiger partial charge in [-0.2, -0.15) is 9.82 Å². The Hall–Kier alpha value is -0.670. The van der Waals surface area contributed by atoms with Crippen LogP contribution in [0.4, 0.5) is 0 Å². The van der Waals surface area contributed by atoms with Crippen molar-refractivity contribution in [3.05, 3.63) is 11.2 Å². The Balaban J connectivity index is 3.17. The number of aliphatic hydroxyl groups is 2. The van der Waals surface area contributed by atoms with Crippen LogP contribution in [0.2, 0.25) is 5.02 Å². The zero-order valence-electron chi connectivity index (χ0n) is 10.1. The Morgan fingerprint density at radius 2 is 2.06 bits per heavy atom. The lowest BCUT2D eigenvalue weighted by Gasteiger charge is -2.29. The lowest BCUT2D eigenvalue weighted by Crippen LogP contribution is -2.53. The quantitative estimate of drug-likeness (QED) is 0.656.